The molecule has 1 atom stereocenters. The summed E-state index contributed by atoms with van der Waals surface area (Å²) in [7, 11) is 0. The van der Waals surface area contributed by atoms with E-state index < -0.39 is 0 Å². The molecule has 0 spiro atoms. The normalized spacial score (nSPS) is 24.4. The second-order valence-electron chi connectivity index (χ2n) is 4.01. The molecular formula is C11H17NS. The molecule has 0 aromatic carbocycles. The van der Waals surface area contributed by atoms with Crippen LogP contribution in [0.5, 0.6) is 0 Å². The molecule has 1 aromatic rings. The van der Waals surface area contributed by atoms with Crippen LogP contribution < -0.4 is 0 Å². The fourth-order valence-electron chi connectivity index (χ4n) is 2.19. The molecule has 1 aromatic heterocycles. The van der Waals surface area contributed by atoms with Crippen molar-refractivity contribution in [3.63, 3.8) is 0 Å². The van der Waals surface area contributed by atoms with Crippen molar-refractivity contribution < 1.29 is 0 Å². The molecule has 0 amide bonds. The summed E-state index contributed by atoms with van der Waals surface area (Å²) in [5, 5.41) is 2.19. The van der Waals surface area contributed by atoms with Gasteiger partial charge in [0, 0.05) is 17.0 Å². The zero-order valence-corrected chi connectivity index (χ0v) is 9.18. The van der Waals surface area contributed by atoms with Crippen LogP contribution in [0.15, 0.2) is 17.5 Å². The van der Waals surface area contributed by atoms with E-state index >= 15 is 0 Å². The lowest BCUT2D eigenvalue weighted by Gasteiger charge is -2.27. The van der Waals surface area contributed by atoms with Crippen LogP contribution in [-0.4, -0.2) is 17.5 Å². The van der Waals surface area contributed by atoms with Gasteiger partial charge < -0.3 is 0 Å². The van der Waals surface area contributed by atoms with Crippen LogP contribution in [-0.2, 0) is 0 Å². The molecule has 0 radical (unpaired) electrons. The Labute approximate surface area is 84.4 Å². The molecule has 1 fully saturated rings. The molecule has 2 rings (SSSR count). The number of nitrogens with zero attached hydrogens (tertiary/aromatic N) is 1. The number of rotatable bonds is 2. The van der Waals surface area contributed by atoms with Gasteiger partial charge >= 0.3 is 0 Å². The molecule has 2 heterocycles. The van der Waals surface area contributed by atoms with Gasteiger partial charge in [-0.25, -0.2) is 0 Å². The van der Waals surface area contributed by atoms with Crippen molar-refractivity contribution in [1.82, 2.24) is 4.90 Å². The van der Waals surface area contributed by atoms with Gasteiger partial charge in [0.15, 0.2) is 0 Å². The van der Waals surface area contributed by atoms with Crippen molar-refractivity contribution in [3.05, 3.63) is 22.4 Å². The van der Waals surface area contributed by atoms with Crippen LogP contribution in [0.3, 0.4) is 0 Å². The standard InChI is InChI=1S/C11H17NS/c1-9(2)12-7-3-5-10(12)11-6-4-8-13-11/h4,6,8-10H,3,5,7H2,1-2H3/t10-/m0/s1. The number of hydrogen-bond donors (Lipinski definition) is 0. The van der Waals surface area contributed by atoms with Gasteiger partial charge in [-0.1, -0.05) is 6.07 Å². The Morgan fingerprint density at radius 1 is 1.54 bits per heavy atom. The van der Waals surface area contributed by atoms with E-state index in [2.05, 4.69) is 36.3 Å². The Balaban J connectivity index is 2.14. The largest absolute Gasteiger partial charge is 0.293 e. The molecule has 72 valence electrons. The molecular weight excluding hydrogens is 178 g/mol. The first kappa shape index (κ1) is 9.22. The van der Waals surface area contributed by atoms with Gasteiger partial charge in [0.05, 0.1) is 0 Å². The second kappa shape index (κ2) is 3.81. The molecule has 0 unspecified atom stereocenters. The average Bonchev–Trinajstić information content (AvgIpc) is 2.74. The van der Waals surface area contributed by atoms with E-state index in [9.17, 15) is 0 Å². The van der Waals surface area contributed by atoms with E-state index in [1.54, 1.807) is 4.88 Å². The van der Waals surface area contributed by atoms with Crippen LogP contribution in [0.4, 0.5) is 0 Å². The third-order valence-corrected chi connectivity index (χ3v) is 3.80. The van der Waals surface area contributed by atoms with Gasteiger partial charge in [-0.2, -0.15) is 0 Å². The minimum absolute atomic E-state index is 0.689. The topological polar surface area (TPSA) is 3.24 Å². The lowest BCUT2D eigenvalue weighted by Crippen LogP contribution is -2.29. The van der Waals surface area contributed by atoms with E-state index in [-0.39, 0.29) is 0 Å². The van der Waals surface area contributed by atoms with Crippen LogP contribution in [0.25, 0.3) is 0 Å². The Kier molecular flexibility index (Phi) is 2.70. The molecule has 1 aliphatic heterocycles. The first-order valence-electron chi connectivity index (χ1n) is 5.08. The summed E-state index contributed by atoms with van der Waals surface area (Å²) in [6, 6.07) is 5.84. The Bertz CT molecular complexity index is 253. The number of likely N-dealkylation sites (tertiary alicyclic amines) is 1. The average molecular weight is 195 g/mol. The van der Waals surface area contributed by atoms with Gasteiger partial charge in [-0.3, -0.25) is 4.90 Å². The maximum atomic E-state index is 2.62. The third kappa shape index (κ3) is 1.79. The monoisotopic (exact) mass is 195 g/mol. The fraction of sp³-hybridized carbons (Fsp3) is 0.636. The van der Waals surface area contributed by atoms with Gasteiger partial charge in [0.1, 0.15) is 0 Å². The van der Waals surface area contributed by atoms with Gasteiger partial charge in [0.25, 0.3) is 0 Å². The lowest BCUT2D eigenvalue weighted by atomic mass is 10.1. The first-order chi connectivity index (χ1) is 6.29. The highest BCUT2D eigenvalue weighted by Gasteiger charge is 2.27. The van der Waals surface area contributed by atoms with E-state index in [4.69, 9.17) is 0 Å². The smallest absolute Gasteiger partial charge is 0.0444 e. The summed E-state index contributed by atoms with van der Waals surface area (Å²) in [5.74, 6) is 0. The Morgan fingerprint density at radius 3 is 3.00 bits per heavy atom. The van der Waals surface area contributed by atoms with E-state index in [1.807, 2.05) is 11.3 Å². The molecule has 2 heteroatoms. The highest BCUT2D eigenvalue weighted by molar-refractivity contribution is 7.10. The minimum Gasteiger partial charge on any atom is -0.293 e. The predicted octanol–water partition coefficient (Wildman–Crippen LogP) is 3.29. The summed E-state index contributed by atoms with van der Waals surface area (Å²) in [6.45, 7) is 5.87. The van der Waals surface area contributed by atoms with Gasteiger partial charge in [-0.05, 0) is 44.7 Å². The van der Waals surface area contributed by atoms with Gasteiger partial charge in [-0.15, -0.1) is 11.3 Å². The number of thiophene rings is 1. The van der Waals surface area contributed by atoms with Crippen molar-refractivity contribution in [2.75, 3.05) is 6.54 Å². The molecule has 0 bridgehead atoms. The highest BCUT2D eigenvalue weighted by Crippen LogP contribution is 2.35. The van der Waals surface area contributed by atoms with Crippen molar-refractivity contribution in [2.24, 2.45) is 0 Å². The molecule has 1 saturated heterocycles. The summed E-state index contributed by atoms with van der Waals surface area (Å²) in [5.41, 5.74) is 0. The van der Waals surface area contributed by atoms with Crippen molar-refractivity contribution in [1.29, 1.82) is 0 Å². The van der Waals surface area contributed by atoms with Gasteiger partial charge in [0.2, 0.25) is 0 Å². The Morgan fingerprint density at radius 2 is 2.38 bits per heavy atom. The fourth-order valence-corrected chi connectivity index (χ4v) is 3.08. The zero-order valence-electron chi connectivity index (χ0n) is 8.36. The Hall–Kier alpha value is -0.340. The van der Waals surface area contributed by atoms with Crippen LogP contribution in [0.2, 0.25) is 0 Å². The second-order valence-corrected chi connectivity index (χ2v) is 4.98. The lowest BCUT2D eigenvalue weighted by molar-refractivity contribution is 0.208. The predicted molar refractivity (Wildman–Crippen MR) is 58.1 cm³/mol. The first-order valence-corrected chi connectivity index (χ1v) is 5.96. The van der Waals surface area contributed by atoms with Crippen LogP contribution in [0.1, 0.15) is 37.6 Å². The van der Waals surface area contributed by atoms with Crippen molar-refractivity contribution in [2.45, 2.75) is 38.8 Å². The third-order valence-electron chi connectivity index (χ3n) is 2.83. The quantitative estimate of drug-likeness (QED) is 0.700. The van der Waals surface area contributed by atoms with E-state index in [1.165, 1.54) is 19.4 Å². The maximum absolute atomic E-state index is 2.62. The summed E-state index contributed by atoms with van der Waals surface area (Å²) >= 11 is 1.90. The molecule has 1 nitrogen and oxygen atoms in total. The maximum Gasteiger partial charge on any atom is 0.0444 e. The molecule has 1 aliphatic rings. The molecule has 0 aliphatic carbocycles. The molecule has 13 heavy (non-hydrogen) atoms. The van der Waals surface area contributed by atoms with Crippen LogP contribution >= 0.6 is 11.3 Å². The molecule has 0 saturated carbocycles. The SMILES string of the molecule is CC(C)N1CCC[C@H]1c1cccs1. The summed E-state index contributed by atoms with van der Waals surface area (Å²) in [6.07, 6.45) is 2.71. The number of hydrogen-bond acceptors (Lipinski definition) is 2. The van der Waals surface area contributed by atoms with Crippen molar-refractivity contribution in [3.8, 4) is 0 Å². The van der Waals surface area contributed by atoms with E-state index in [0.29, 0.717) is 12.1 Å². The summed E-state index contributed by atoms with van der Waals surface area (Å²) in [4.78, 5) is 4.16. The zero-order chi connectivity index (χ0) is 9.26. The highest BCUT2D eigenvalue weighted by atomic mass is 32.1. The minimum atomic E-state index is 0.689. The van der Waals surface area contributed by atoms with E-state index in [0.717, 1.165) is 0 Å². The summed E-state index contributed by atoms with van der Waals surface area (Å²) < 4.78 is 0. The van der Waals surface area contributed by atoms with Crippen molar-refractivity contribution >= 4 is 11.3 Å². The van der Waals surface area contributed by atoms with Crippen LogP contribution in [0, 0.1) is 0 Å². The molecule has 0 N–H and O–H groups in total.